The van der Waals surface area contributed by atoms with E-state index in [1.54, 1.807) is 0 Å². The molecule has 0 aromatic carbocycles. The molecule has 2 heterocycles. The van der Waals surface area contributed by atoms with Crippen LogP contribution in [0.4, 0.5) is 0 Å². The number of hydrogen-bond donors (Lipinski definition) is 1. The van der Waals surface area contributed by atoms with Gasteiger partial charge in [-0.05, 0) is 57.5 Å². The van der Waals surface area contributed by atoms with Crippen LogP contribution in [0.2, 0.25) is 0 Å². The first kappa shape index (κ1) is 14.0. The summed E-state index contributed by atoms with van der Waals surface area (Å²) in [6.07, 6.45) is 2.56. The van der Waals surface area contributed by atoms with Crippen molar-refractivity contribution in [3.05, 3.63) is 21.9 Å². The Kier molecular flexibility index (Phi) is 4.46. The molecule has 0 amide bonds. The van der Waals surface area contributed by atoms with Crippen LogP contribution in [0.3, 0.4) is 0 Å². The zero-order chi connectivity index (χ0) is 13.2. The van der Waals surface area contributed by atoms with E-state index in [1.807, 2.05) is 11.3 Å². The number of likely N-dealkylation sites (tertiary alicyclic amines) is 1. The number of piperidine rings is 1. The van der Waals surface area contributed by atoms with Crippen LogP contribution in [0.1, 0.15) is 44.1 Å². The van der Waals surface area contributed by atoms with Crippen molar-refractivity contribution in [3.63, 3.8) is 0 Å². The molecule has 1 aliphatic heterocycles. The first-order valence-electron chi connectivity index (χ1n) is 6.98. The van der Waals surface area contributed by atoms with Crippen LogP contribution in [-0.2, 0) is 6.54 Å². The summed E-state index contributed by atoms with van der Waals surface area (Å²) >= 11 is 1.87. The van der Waals surface area contributed by atoms with Crippen molar-refractivity contribution in [1.29, 1.82) is 0 Å². The van der Waals surface area contributed by atoms with Gasteiger partial charge in [-0.3, -0.25) is 4.90 Å². The van der Waals surface area contributed by atoms with Gasteiger partial charge < -0.3 is 5.32 Å². The average Bonchev–Trinajstić information content (AvgIpc) is 2.72. The lowest BCUT2D eigenvalue weighted by Crippen LogP contribution is -2.49. The minimum atomic E-state index is 0.329. The molecule has 1 aromatic rings. The maximum atomic E-state index is 3.72. The third-order valence-corrected chi connectivity index (χ3v) is 4.99. The molecule has 3 heteroatoms. The third kappa shape index (κ3) is 3.56. The Labute approximate surface area is 115 Å². The molecule has 1 fully saturated rings. The predicted molar refractivity (Wildman–Crippen MR) is 80.2 cm³/mol. The Morgan fingerprint density at radius 2 is 2.00 bits per heavy atom. The van der Waals surface area contributed by atoms with Crippen LogP contribution in [0.25, 0.3) is 0 Å². The first-order valence-corrected chi connectivity index (χ1v) is 7.86. The molecule has 2 nitrogen and oxygen atoms in total. The number of nitrogens with one attached hydrogen (secondary N) is 1. The molecular formula is C15H26N2S. The first-order chi connectivity index (χ1) is 8.47. The summed E-state index contributed by atoms with van der Waals surface area (Å²) in [4.78, 5) is 4.09. The highest BCUT2D eigenvalue weighted by atomic mass is 32.1. The van der Waals surface area contributed by atoms with Gasteiger partial charge in [0.15, 0.2) is 0 Å². The monoisotopic (exact) mass is 266 g/mol. The van der Waals surface area contributed by atoms with E-state index in [-0.39, 0.29) is 0 Å². The van der Waals surface area contributed by atoms with Crippen molar-refractivity contribution in [1.82, 2.24) is 10.2 Å². The van der Waals surface area contributed by atoms with Crippen LogP contribution in [0.5, 0.6) is 0 Å². The van der Waals surface area contributed by atoms with Crippen LogP contribution >= 0.6 is 11.3 Å². The Bertz CT molecular complexity index is 370. The molecule has 0 saturated carbocycles. The van der Waals surface area contributed by atoms with Gasteiger partial charge in [-0.1, -0.05) is 0 Å². The van der Waals surface area contributed by atoms with Crippen molar-refractivity contribution >= 4 is 11.3 Å². The van der Waals surface area contributed by atoms with E-state index in [9.17, 15) is 0 Å². The third-order valence-electron chi connectivity index (χ3n) is 3.96. The summed E-state index contributed by atoms with van der Waals surface area (Å²) in [5.74, 6) is 0. The zero-order valence-corrected chi connectivity index (χ0v) is 12.9. The molecule has 0 atom stereocenters. The van der Waals surface area contributed by atoms with Gasteiger partial charge in [0, 0.05) is 36.1 Å². The molecule has 0 bridgehead atoms. The molecule has 18 heavy (non-hydrogen) atoms. The lowest BCUT2D eigenvalue weighted by molar-refractivity contribution is 0.0961. The van der Waals surface area contributed by atoms with E-state index in [0.29, 0.717) is 11.6 Å². The van der Waals surface area contributed by atoms with E-state index in [4.69, 9.17) is 0 Å². The molecule has 0 radical (unpaired) electrons. The van der Waals surface area contributed by atoms with Gasteiger partial charge in [0.2, 0.25) is 0 Å². The molecule has 2 rings (SSSR count). The van der Waals surface area contributed by atoms with Crippen molar-refractivity contribution in [3.8, 4) is 0 Å². The molecule has 1 N–H and O–H groups in total. The molecule has 0 spiro atoms. The normalized spacial score (nSPS) is 19.3. The summed E-state index contributed by atoms with van der Waals surface area (Å²) in [5.41, 5.74) is 1.76. The molecule has 1 saturated heterocycles. The van der Waals surface area contributed by atoms with Crippen LogP contribution in [0, 0.1) is 6.92 Å². The van der Waals surface area contributed by atoms with E-state index in [0.717, 1.165) is 6.54 Å². The van der Waals surface area contributed by atoms with E-state index >= 15 is 0 Å². The summed E-state index contributed by atoms with van der Waals surface area (Å²) in [6.45, 7) is 12.6. The van der Waals surface area contributed by atoms with Crippen LogP contribution in [0.15, 0.2) is 11.4 Å². The van der Waals surface area contributed by atoms with Crippen LogP contribution in [-0.4, -0.2) is 29.6 Å². The zero-order valence-electron chi connectivity index (χ0n) is 12.1. The molecule has 1 aliphatic rings. The second-order valence-corrected chi connectivity index (χ2v) is 7.34. The lowest BCUT2D eigenvalue weighted by Gasteiger charge is -2.41. The fourth-order valence-electron chi connectivity index (χ4n) is 2.58. The average molecular weight is 266 g/mol. The van der Waals surface area contributed by atoms with E-state index in [1.165, 1.54) is 36.4 Å². The number of aryl methyl sites for hydroxylation is 1. The molecule has 0 unspecified atom stereocenters. The van der Waals surface area contributed by atoms with E-state index < -0.39 is 0 Å². The smallest absolute Gasteiger partial charge is 0.0304 e. The molecule has 1 aromatic heterocycles. The molecule has 0 aliphatic carbocycles. The second-order valence-electron chi connectivity index (χ2n) is 6.34. The fourth-order valence-corrected chi connectivity index (χ4v) is 3.43. The van der Waals surface area contributed by atoms with Gasteiger partial charge >= 0.3 is 0 Å². The Hall–Kier alpha value is -0.380. The predicted octanol–water partition coefficient (Wildman–Crippen LogP) is 3.41. The minimum absolute atomic E-state index is 0.329. The Morgan fingerprint density at radius 3 is 2.50 bits per heavy atom. The minimum Gasteiger partial charge on any atom is -0.309 e. The summed E-state index contributed by atoms with van der Waals surface area (Å²) in [6, 6.07) is 2.91. The largest absolute Gasteiger partial charge is 0.309 e. The van der Waals surface area contributed by atoms with Crippen molar-refractivity contribution in [2.24, 2.45) is 0 Å². The van der Waals surface area contributed by atoms with Gasteiger partial charge in [0.25, 0.3) is 0 Å². The Morgan fingerprint density at radius 1 is 1.33 bits per heavy atom. The van der Waals surface area contributed by atoms with Gasteiger partial charge in [-0.2, -0.15) is 0 Å². The SMILES string of the molecule is Cc1ccsc1CNC1CCN(C(C)(C)C)CC1. The van der Waals surface area contributed by atoms with E-state index in [2.05, 4.69) is 49.4 Å². The van der Waals surface area contributed by atoms with Crippen molar-refractivity contribution < 1.29 is 0 Å². The highest BCUT2D eigenvalue weighted by Crippen LogP contribution is 2.21. The van der Waals surface area contributed by atoms with Gasteiger partial charge in [0.1, 0.15) is 0 Å². The quantitative estimate of drug-likeness (QED) is 0.902. The maximum absolute atomic E-state index is 3.72. The lowest BCUT2D eigenvalue weighted by atomic mass is 9.98. The van der Waals surface area contributed by atoms with Crippen molar-refractivity contribution in [2.75, 3.05) is 13.1 Å². The molecule has 102 valence electrons. The second kappa shape index (κ2) is 5.72. The van der Waals surface area contributed by atoms with Crippen LogP contribution < -0.4 is 5.32 Å². The molecular weight excluding hydrogens is 240 g/mol. The number of nitrogens with zero attached hydrogens (tertiary/aromatic N) is 1. The standard InChI is InChI=1S/C15H26N2S/c1-12-7-10-18-14(12)11-16-13-5-8-17(9-6-13)15(2,3)4/h7,10,13,16H,5-6,8-9,11H2,1-4H3. The fraction of sp³-hybridized carbons (Fsp3) is 0.733. The number of thiophene rings is 1. The summed E-state index contributed by atoms with van der Waals surface area (Å²) in [7, 11) is 0. The van der Waals surface area contributed by atoms with Crippen molar-refractivity contribution in [2.45, 2.75) is 58.7 Å². The topological polar surface area (TPSA) is 15.3 Å². The summed E-state index contributed by atoms with van der Waals surface area (Å²) in [5, 5.41) is 5.91. The number of hydrogen-bond acceptors (Lipinski definition) is 3. The number of rotatable bonds is 3. The highest BCUT2D eigenvalue weighted by molar-refractivity contribution is 7.10. The van der Waals surface area contributed by atoms with Gasteiger partial charge in [-0.15, -0.1) is 11.3 Å². The maximum Gasteiger partial charge on any atom is 0.0304 e. The van der Waals surface area contributed by atoms with Gasteiger partial charge in [-0.25, -0.2) is 0 Å². The summed E-state index contributed by atoms with van der Waals surface area (Å²) < 4.78 is 0. The van der Waals surface area contributed by atoms with Gasteiger partial charge in [0.05, 0.1) is 0 Å². The highest BCUT2D eigenvalue weighted by Gasteiger charge is 2.26. The Balaban J connectivity index is 1.76.